The maximum absolute atomic E-state index is 12.2. The van der Waals surface area contributed by atoms with Gasteiger partial charge in [-0.05, 0) is 47.5 Å². The number of carbonyl (C=O) groups excluding carboxylic acids is 1. The Morgan fingerprint density at radius 2 is 1.79 bits per heavy atom. The Kier molecular flexibility index (Phi) is 7.11. The van der Waals surface area contributed by atoms with Gasteiger partial charge < -0.3 is 9.47 Å². The van der Waals surface area contributed by atoms with Crippen molar-refractivity contribution in [1.29, 1.82) is 0 Å². The molecule has 0 radical (unpaired) electrons. The maximum atomic E-state index is 12.2. The second-order valence-corrected chi connectivity index (χ2v) is 6.83. The van der Waals surface area contributed by atoms with E-state index in [1.807, 2.05) is 36.4 Å². The second kappa shape index (κ2) is 9.96. The number of hydrazone groups is 1. The summed E-state index contributed by atoms with van der Waals surface area (Å²) in [5, 5.41) is 4.67. The van der Waals surface area contributed by atoms with Gasteiger partial charge in [-0.2, -0.15) is 5.10 Å². The minimum Gasteiger partial charge on any atom is -0.493 e. The molecule has 0 fully saturated rings. The molecule has 7 heteroatoms. The number of ether oxygens (including phenoxy) is 2. The molecule has 0 aromatic heterocycles. The van der Waals surface area contributed by atoms with Gasteiger partial charge in [0, 0.05) is 5.56 Å². The van der Waals surface area contributed by atoms with Crippen LogP contribution in [0, 0.1) is 0 Å². The van der Waals surface area contributed by atoms with E-state index in [4.69, 9.17) is 32.7 Å². The molecule has 0 saturated heterocycles. The third-order valence-corrected chi connectivity index (χ3v) is 4.73. The summed E-state index contributed by atoms with van der Waals surface area (Å²) in [6, 6.07) is 19.8. The molecular weight excluding hydrogens is 411 g/mol. The first-order chi connectivity index (χ1) is 14.1. The van der Waals surface area contributed by atoms with Gasteiger partial charge in [0.05, 0.1) is 23.4 Å². The first-order valence-electron chi connectivity index (χ1n) is 8.70. The zero-order chi connectivity index (χ0) is 20.6. The molecule has 0 saturated carbocycles. The number of benzene rings is 3. The number of rotatable bonds is 7. The third-order valence-electron chi connectivity index (χ3n) is 3.99. The summed E-state index contributed by atoms with van der Waals surface area (Å²) in [6.07, 6.45) is 1.52. The van der Waals surface area contributed by atoms with Crippen molar-refractivity contribution in [3.63, 3.8) is 0 Å². The third kappa shape index (κ3) is 5.73. The molecule has 1 amide bonds. The molecule has 0 aliphatic rings. The minimum absolute atomic E-state index is 0.304. The Labute approximate surface area is 178 Å². The van der Waals surface area contributed by atoms with E-state index >= 15 is 0 Å². The Morgan fingerprint density at radius 1 is 1.00 bits per heavy atom. The summed E-state index contributed by atoms with van der Waals surface area (Å²) < 4.78 is 11.2. The van der Waals surface area contributed by atoms with Gasteiger partial charge >= 0.3 is 0 Å². The lowest BCUT2D eigenvalue weighted by Crippen LogP contribution is -2.17. The topological polar surface area (TPSA) is 59.9 Å². The van der Waals surface area contributed by atoms with Gasteiger partial charge in [0.15, 0.2) is 11.5 Å². The molecule has 0 unspecified atom stereocenters. The molecule has 3 aromatic rings. The van der Waals surface area contributed by atoms with Crippen molar-refractivity contribution in [3.8, 4) is 11.5 Å². The number of hydrogen-bond donors (Lipinski definition) is 1. The van der Waals surface area contributed by atoms with Crippen molar-refractivity contribution >= 4 is 35.3 Å². The fourth-order valence-electron chi connectivity index (χ4n) is 2.49. The van der Waals surface area contributed by atoms with Crippen LogP contribution in [-0.4, -0.2) is 19.2 Å². The highest BCUT2D eigenvalue weighted by atomic mass is 35.5. The predicted molar refractivity (Wildman–Crippen MR) is 115 cm³/mol. The van der Waals surface area contributed by atoms with Crippen molar-refractivity contribution < 1.29 is 14.3 Å². The fraction of sp³-hybridized carbons (Fsp3) is 0.0909. The average molecular weight is 429 g/mol. The predicted octanol–water partition coefficient (Wildman–Crippen LogP) is 5.34. The van der Waals surface area contributed by atoms with Crippen molar-refractivity contribution in [3.05, 3.63) is 93.5 Å². The molecule has 3 rings (SSSR count). The van der Waals surface area contributed by atoms with E-state index in [0.29, 0.717) is 33.7 Å². The molecule has 0 atom stereocenters. The SMILES string of the molecule is COc1ccc(/C=N\NC(=O)c2ccc(Cl)c(Cl)c2)cc1OCc1ccccc1. The summed E-state index contributed by atoms with van der Waals surface area (Å²) >= 11 is 11.8. The lowest BCUT2D eigenvalue weighted by atomic mass is 10.2. The van der Waals surface area contributed by atoms with Gasteiger partial charge in [0.25, 0.3) is 5.91 Å². The zero-order valence-electron chi connectivity index (χ0n) is 15.6. The van der Waals surface area contributed by atoms with Gasteiger partial charge in [0.1, 0.15) is 6.61 Å². The van der Waals surface area contributed by atoms with Gasteiger partial charge in [-0.1, -0.05) is 53.5 Å². The molecule has 0 aliphatic heterocycles. The normalized spacial score (nSPS) is 10.7. The summed E-state index contributed by atoms with van der Waals surface area (Å²) in [6.45, 7) is 0.409. The van der Waals surface area contributed by atoms with E-state index in [9.17, 15) is 4.79 Å². The van der Waals surface area contributed by atoms with Gasteiger partial charge in [-0.15, -0.1) is 0 Å². The molecule has 29 heavy (non-hydrogen) atoms. The van der Waals surface area contributed by atoms with Gasteiger partial charge in [0.2, 0.25) is 0 Å². The second-order valence-electron chi connectivity index (χ2n) is 6.01. The maximum Gasteiger partial charge on any atom is 0.271 e. The molecule has 0 bridgehead atoms. The Bertz CT molecular complexity index is 1020. The van der Waals surface area contributed by atoms with Crippen LogP contribution in [0.1, 0.15) is 21.5 Å². The van der Waals surface area contributed by atoms with E-state index in [2.05, 4.69) is 10.5 Å². The molecule has 0 heterocycles. The largest absolute Gasteiger partial charge is 0.493 e. The molecular formula is C22H18Cl2N2O3. The first kappa shape index (κ1) is 20.7. The van der Waals surface area contributed by atoms with Crippen LogP contribution in [0.15, 0.2) is 71.8 Å². The van der Waals surface area contributed by atoms with Crippen molar-refractivity contribution in [1.82, 2.24) is 5.43 Å². The lowest BCUT2D eigenvalue weighted by Gasteiger charge is -2.11. The van der Waals surface area contributed by atoms with Crippen LogP contribution in [0.2, 0.25) is 10.0 Å². The highest BCUT2D eigenvalue weighted by Gasteiger charge is 2.08. The summed E-state index contributed by atoms with van der Waals surface area (Å²) in [5.74, 6) is 0.794. The highest BCUT2D eigenvalue weighted by Crippen LogP contribution is 2.28. The van der Waals surface area contributed by atoms with Crippen molar-refractivity contribution in [2.24, 2.45) is 5.10 Å². The number of methoxy groups -OCH3 is 1. The molecule has 0 aliphatic carbocycles. The Morgan fingerprint density at radius 3 is 2.52 bits per heavy atom. The standard InChI is InChI=1S/C22H18Cl2N2O3/c1-28-20-10-7-16(11-21(20)29-14-15-5-3-2-4-6-15)13-25-26-22(27)17-8-9-18(23)19(24)12-17/h2-13H,14H2,1H3,(H,26,27)/b25-13-. The van der Waals surface area contributed by atoms with Crippen LogP contribution in [0.5, 0.6) is 11.5 Å². The van der Waals surface area contributed by atoms with E-state index in [0.717, 1.165) is 11.1 Å². The lowest BCUT2D eigenvalue weighted by molar-refractivity contribution is 0.0955. The van der Waals surface area contributed by atoms with Crippen LogP contribution in [0.3, 0.4) is 0 Å². The van der Waals surface area contributed by atoms with E-state index in [1.165, 1.54) is 12.3 Å². The molecule has 1 N–H and O–H groups in total. The van der Waals surface area contributed by atoms with Crippen LogP contribution < -0.4 is 14.9 Å². The quantitative estimate of drug-likeness (QED) is 0.407. The summed E-state index contributed by atoms with van der Waals surface area (Å²) in [4.78, 5) is 12.2. The van der Waals surface area contributed by atoms with Crippen molar-refractivity contribution in [2.75, 3.05) is 7.11 Å². The van der Waals surface area contributed by atoms with Gasteiger partial charge in [-0.25, -0.2) is 5.43 Å². The molecule has 3 aromatic carbocycles. The molecule has 148 valence electrons. The van der Waals surface area contributed by atoms with E-state index < -0.39 is 5.91 Å². The monoisotopic (exact) mass is 428 g/mol. The first-order valence-corrected chi connectivity index (χ1v) is 9.45. The zero-order valence-corrected chi connectivity index (χ0v) is 17.1. The summed E-state index contributed by atoms with van der Waals surface area (Å²) in [7, 11) is 1.58. The highest BCUT2D eigenvalue weighted by molar-refractivity contribution is 6.42. The summed E-state index contributed by atoms with van der Waals surface area (Å²) in [5.41, 5.74) is 4.60. The van der Waals surface area contributed by atoms with Crippen LogP contribution in [0.4, 0.5) is 0 Å². The average Bonchev–Trinajstić information content (AvgIpc) is 2.75. The Balaban J connectivity index is 1.66. The van der Waals surface area contributed by atoms with Crippen LogP contribution in [-0.2, 0) is 6.61 Å². The van der Waals surface area contributed by atoms with Crippen LogP contribution >= 0.6 is 23.2 Å². The minimum atomic E-state index is -0.395. The number of nitrogens with zero attached hydrogens (tertiary/aromatic N) is 1. The smallest absolute Gasteiger partial charge is 0.271 e. The number of halogens is 2. The number of carbonyl (C=O) groups is 1. The van der Waals surface area contributed by atoms with E-state index in [1.54, 1.807) is 31.4 Å². The number of amides is 1. The van der Waals surface area contributed by atoms with E-state index in [-0.39, 0.29) is 0 Å². The van der Waals surface area contributed by atoms with Crippen molar-refractivity contribution in [2.45, 2.75) is 6.61 Å². The molecule has 0 spiro atoms. The van der Waals surface area contributed by atoms with Crippen LogP contribution in [0.25, 0.3) is 0 Å². The number of hydrogen-bond acceptors (Lipinski definition) is 4. The molecule has 5 nitrogen and oxygen atoms in total. The number of nitrogens with one attached hydrogen (secondary N) is 1. The Hall–Kier alpha value is -3.02. The fourth-order valence-corrected chi connectivity index (χ4v) is 2.79. The van der Waals surface area contributed by atoms with Gasteiger partial charge in [-0.3, -0.25) is 4.79 Å².